The maximum absolute atomic E-state index is 6.53. The van der Waals surface area contributed by atoms with Gasteiger partial charge in [0.15, 0.2) is 5.84 Å². The van der Waals surface area contributed by atoms with E-state index in [2.05, 4.69) is 93.6 Å². The molecule has 4 aromatic rings. The van der Waals surface area contributed by atoms with E-state index in [1.807, 2.05) is 42.1 Å². The molecule has 174 valence electrons. The highest BCUT2D eigenvalue weighted by atomic mass is 79.9. The maximum atomic E-state index is 6.53. The summed E-state index contributed by atoms with van der Waals surface area (Å²) in [5.74, 6) is 1.66. The van der Waals surface area contributed by atoms with Crippen LogP contribution < -0.4 is 9.64 Å². The molecule has 6 heteroatoms. The van der Waals surface area contributed by atoms with Crippen LogP contribution in [0.15, 0.2) is 118 Å². The predicted molar refractivity (Wildman–Crippen MR) is 145 cm³/mol. The Morgan fingerprint density at radius 3 is 2.49 bits per heavy atom. The van der Waals surface area contributed by atoms with E-state index in [-0.39, 0.29) is 5.25 Å². The van der Waals surface area contributed by atoms with Gasteiger partial charge in [-0.15, -0.1) is 11.8 Å². The molecular weight excluding hydrogens is 520 g/mol. The van der Waals surface area contributed by atoms with Crippen molar-refractivity contribution in [1.82, 2.24) is 0 Å². The highest BCUT2D eigenvalue weighted by Crippen LogP contribution is 2.56. The molecule has 0 bridgehead atoms. The molecule has 4 nitrogen and oxygen atoms in total. The predicted octanol–water partition coefficient (Wildman–Crippen LogP) is 7.75. The molecule has 4 aromatic carbocycles. The van der Waals surface area contributed by atoms with Crippen LogP contribution in [0.2, 0.25) is 0 Å². The quantitative estimate of drug-likeness (QED) is 0.264. The number of para-hydroxylation sites is 1. The van der Waals surface area contributed by atoms with E-state index < -0.39 is 5.72 Å². The van der Waals surface area contributed by atoms with Gasteiger partial charge in [-0.2, -0.15) is 0 Å². The van der Waals surface area contributed by atoms with Crippen molar-refractivity contribution in [3.63, 3.8) is 0 Å². The van der Waals surface area contributed by atoms with E-state index in [4.69, 9.17) is 14.7 Å². The summed E-state index contributed by atoms with van der Waals surface area (Å²) in [6.45, 7) is 0. The number of anilines is 1. The molecule has 35 heavy (non-hydrogen) atoms. The van der Waals surface area contributed by atoms with Gasteiger partial charge in [0.05, 0.1) is 12.8 Å². The first-order valence-corrected chi connectivity index (χ1v) is 13.1. The molecule has 0 aromatic heterocycles. The number of amidine groups is 1. The minimum Gasteiger partial charge on any atom is -0.497 e. The van der Waals surface area contributed by atoms with Crippen LogP contribution in [0.1, 0.15) is 28.4 Å². The minimum atomic E-state index is -0.789. The second-order valence-corrected chi connectivity index (χ2v) is 10.7. The van der Waals surface area contributed by atoms with Gasteiger partial charge in [-0.25, -0.2) is 0 Å². The Hall–Kier alpha value is -3.22. The average molecular weight is 543 g/mol. The van der Waals surface area contributed by atoms with Gasteiger partial charge in [-0.1, -0.05) is 87.8 Å². The Morgan fingerprint density at radius 1 is 0.943 bits per heavy atom. The van der Waals surface area contributed by atoms with Crippen LogP contribution in [-0.2, 0) is 10.6 Å². The van der Waals surface area contributed by atoms with E-state index in [9.17, 15) is 0 Å². The molecule has 0 N–H and O–H groups in total. The van der Waals surface area contributed by atoms with Crippen molar-refractivity contribution < 1.29 is 9.57 Å². The van der Waals surface area contributed by atoms with Gasteiger partial charge in [0.2, 0.25) is 5.72 Å². The van der Waals surface area contributed by atoms with Crippen LogP contribution in [-0.4, -0.2) is 12.9 Å². The van der Waals surface area contributed by atoms with Gasteiger partial charge < -0.3 is 9.57 Å². The number of hydrogen-bond acceptors (Lipinski definition) is 5. The van der Waals surface area contributed by atoms with E-state index in [0.717, 1.165) is 32.9 Å². The second-order valence-electron chi connectivity index (χ2n) is 8.55. The lowest BCUT2D eigenvalue weighted by Crippen LogP contribution is -2.47. The lowest BCUT2D eigenvalue weighted by atomic mass is 9.92. The fourth-order valence-corrected chi connectivity index (χ4v) is 6.55. The summed E-state index contributed by atoms with van der Waals surface area (Å²) in [7, 11) is 1.70. The summed E-state index contributed by atoms with van der Waals surface area (Å²) >= 11 is 5.49. The first kappa shape index (κ1) is 22.3. The van der Waals surface area contributed by atoms with Crippen LogP contribution in [0, 0.1) is 0 Å². The topological polar surface area (TPSA) is 34.1 Å². The van der Waals surface area contributed by atoms with Crippen LogP contribution >= 0.6 is 27.7 Å². The molecule has 0 aliphatic carbocycles. The van der Waals surface area contributed by atoms with E-state index >= 15 is 0 Å². The fourth-order valence-electron chi connectivity index (χ4n) is 4.81. The number of thioether (sulfide) groups is 1. The Morgan fingerprint density at radius 2 is 1.71 bits per heavy atom. The molecule has 0 saturated carbocycles. The maximum Gasteiger partial charge on any atom is 0.242 e. The monoisotopic (exact) mass is 542 g/mol. The summed E-state index contributed by atoms with van der Waals surface area (Å²) in [5.41, 5.74) is 3.60. The molecular formula is C29H23BrN2O2S. The lowest BCUT2D eigenvalue weighted by molar-refractivity contribution is -0.0283. The third-order valence-electron chi connectivity index (χ3n) is 6.49. The number of methoxy groups -OCH3 is 1. The normalized spacial score (nSPS) is 20.8. The third kappa shape index (κ3) is 3.91. The van der Waals surface area contributed by atoms with Gasteiger partial charge in [-0.05, 0) is 42.0 Å². The fraction of sp³-hybridized carbons (Fsp3) is 0.138. The van der Waals surface area contributed by atoms with Crippen molar-refractivity contribution in [3.8, 4) is 5.75 Å². The third-order valence-corrected chi connectivity index (χ3v) is 8.30. The molecule has 6 rings (SSSR count). The zero-order valence-corrected chi connectivity index (χ0v) is 21.5. The van der Waals surface area contributed by atoms with E-state index in [1.165, 1.54) is 10.5 Å². The van der Waals surface area contributed by atoms with Crippen molar-refractivity contribution in [2.75, 3.05) is 12.0 Å². The summed E-state index contributed by atoms with van der Waals surface area (Å²) in [5, 5.41) is 4.87. The molecule has 2 atom stereocenters. The molecule has 0 amide bonds. The lowest BCUT2D eigenvalue weighted by Gasteiger charge is -2.37. The average Bonchev–Trinajstić information content (AvgIpc) is 3.22. The molecule has 0 saturated heterocycles. The highest BCUT2D eigenvalue weighted by Gasteiger charge is 2.52. The van der Waals surface area contributed by atoms with Crippen molar-refractivity contribution in [1.29, 1.82) is 0 Å². The number of nitrogens with zero attached hydrogens (tertiary/aromatic N) is 2. The van der Waals surface area contributed by atoms with Crippen LogP contribution in [0.4, 0.5) is 5.69 Å². The Labute approximate surface area is 217 Å². The first-order chi connectivity index (χ1) is 17.2. The van der Waals surface area contributed by atoms with Gasteiger partial charge in [-0.3, -0.25) is 4.90 Å². The molecule has 0 radical (unpaired) electrons. The number of fused-ring (bicyclic) bond motifs is 3. The molecule has 2 heterocycles. The van der Waals surface area contributed by atoms with Crippen molar-refractivity contribution in [2.45, 2.75) is 22.3 Å². The minimum absolute atomic E-state index is 0.143. The van der Waals surface area contributed by atoms with E-state index in [1.54, 1.807) is 7.11 Å². The second kappa shape index (κ2) is 9.10. The standard InChI is InChI=1S/C29H23BrN2O2S/c1-33-24-16-14-20(15-17-24)27-19-29(22-9-3-2-4-10-22)32(25-12-5-6-13-26(25)35-27)28(31-34-29)21-8-7-11-23(30)18-21/h2-18,27H,19H2,1H3/t27-,29-/m0/s1. The summed E-state index contributed by atoms with van der Waals surface area (Å²) in [4.78, 5) is 10.0. The van der Waals surface area contributed by atoms with Crippen molar-refractivity contribution in [3.05, 3.63) is 124 Å². The number of hydrogen-bond donors (Lipinski definition) is 0. The van der Waals surface area contributed by atoms with Crippen LogP contribution in [0.25, 0.3) is 0 Å². The number of benzene rings is 4. The summed E-state index contributed by atoms with van der Waals surface area (Å²) < 4.78 is 6.41. The van der Waals surface area contributed by atoms with E-state index in [0.29, 0.717) is 6.42 Å². The number of rotatable bonds is 4. The van der Waals surface area contributed by atoms with Gasteiger partial charge in [0, 0.05) is 32.2 Å². The molecule has 0 unspecified atom stereocenters. The van der Waals surface area contributed by atoms with Crippen LogP contribution in [0.5, 0.6) is 5.75 Å². The number of halogens is 1. The molecule has 2 aliphatic rings. The molecule has 2 aliphatic heterocycles. The zero-order chi connectivity index (χ0) is 23.8. The first-order valence-electron chi connectivity index (χ1n) is 11.5. The number of oxime groups is 1. The summed E-state index contributed by atoms with van der Waals surface area (Å²) in [6.07, 6.45) is 0.712. The van der Waals surface area contributed by atoms with Gasteiger partial charge in [0.1, 0.15) is 5.75 Å². The molecule has 0 spiro atoms. The zero-order valence-electron chi connectivity index (χ0n) is 19.1. The van der Waals surface area contributed by atoms with Crippen molar-refractivity contribution in [2.24, 2.45) is 5.16 Å². The highest BCUT2D eigenvalue weighted by molar-refractivity contribution is 9.10. The number of ether oxygens (including phenoxy) is 1. The molecule has 0 fully saturated rings. The summed E-state index contributed by atoms with van der Waals surface area (Å²) in [6, 6.07) is 35.5. The van der Waals surface area contributed by atoms with Crippen molar-refractivity contribution >= 4 is 39.2 Å². The Bertz CT molecular complexity index is 1390. The smallest absolute Gasteiger partial charge is 0.242 e. The van der Waals surface area contributed by atoms with Gasteiger partial charge in [0.25, 0.3) is 0 Å². The Balaban J connectivity index is 1.55. The Kier molecular flexibility index (Phi) is 5.78. The largest absolute Gasteiger partial charge is 0.497 e. The SMILES string of the molecule is COc1ccc([C@@H]2C[C@@]3(c4ccccc4)ON=C(c4cccc(Br)c4)N3c3ccccc3S2)cc1. The van der Waals surface area contributed by atoms with Gasteiger partial charge >= 0.3 is 0 Å². The van der Waals surface area contributed by atoms with Crippen LogP contribution in [0.3, 0.4) is 0 Å².